The number of hydrogen-bond acceptors (Lipinski definition) is 3. The minimum absolute atomic E-state index is 0.801. The average Bonchev–Trinajstić information content (AvgIpc) is 2.48. The first-order chi connectivity index (χ1) is 9.34. The van der Waals surface area contributed by atoms with Crippen molar-refractivity contribution in [1.82, 2.24) is 4.98 Å². The van der Waals surface area contributed by atoms with Crippen LogP contribution in [-0.2, 0) is 4.74 Å². The molecule has 1 aliphatic heterocycles. The van der Waals surface area contributed by atoms with Crippen LogP contribution < -0.4 is 4.90 Å². The molecule has 0 amide bonds. The Hall–Kier alpha value is -1.87. The topological polar surface area (TPSA) is 25.4 Å². The lowest BCUT2D eigenvalue weighted by molar-refractivity contribution is 0.123. The van der Waals surface area contributed by atoms with Gasteiger partial charge in [0, 0.05) is 30.0 Å². The molecule has 1 aliphatic rings. The smallest absolute Gasteiger partial charge is 0.0725 e. The first-order valence-corrected chi connectivity index (χ1v) is 6.70. The molecule has 3 nitrogen and oxygen atoms in total. The Bertz CT molecular complexity index is 562. The van der Waals surface area contributed by atoms with Crippen molar-refractivity contribution < 1.29 is 4.74 Å². The lowest BCUT2D eigenvalue weighted by Gasteiger charge is -2.30. The fourth-order valence-electron chi connectivity index (χ4n) is 2.46. The van der Waals surface area contributed by atoms with E-state index in [-0.39, 0.29) is 0 Å². The molecule has 0 spiro atoms. The second kappa shape index (κ2) is 5.41. The third kappa shape index (κ3) is 2.61. The third-order valence-corrected chi connectivity index (χ3v) is 3.42. The number of aromatic nitrogens is 1. The summed E-state index contributed by atoms with van der Waals surface area (Å²) in [7, 11) is 0. The fraction of sp³-hybridized carbons (Fsp3) is 0.312. The van der Waals surface area contributed by atoms with Crippen LogP contribution in [0.15, 0.2) is 42.5 Å². The summed E-state index contributed by atoms with van der Waals surface area (Å²) in [4.78, 5) is 7.02. The highest BCUT2D eigenvalue weighted by atomic mass is 16.5. The van der Waals surface area contributed by atoms with Gasteiger partial charge in [-0.05, 0) is 25.1 Å². The molecule has 19 heavy (non-hydrogen) atoms. The summed E-state index contributed by atoms with van der Waals surface area (Å²) >= 11 is 0. The maximum Gasteiger partial charge on any atom is 0.0725 e. The zero-order valence-electron chi connectivity index (χ0n) is 11.2. The van der Waals surface area contributed by atoms with Gasteiger partial charge in [0.05, 0.1) is 18.9 Å². The Morgan fingerprint density at radius 3 is 2.58 bits per heavy atom. The van der Waals surface area contributed by atoms with Crippen molar-refractivity contribution in [3.8, 4) is 11.3 Å². The van der Waals surface area contributed by atoms with Crippen molar-refractivity contribution in [3.63, 3.8) is 0 Å². The number of benzene rings is 1. The SMILES string of the molecule is Cc1cccc(-c2ccccc2N2CCOCC2)n1. The van der Waals surface area contributed by atoms with Crippen LogP contribution in [0.5, 0.6) is 0 Å². The van der Waals surface area contributed by atoms with Gasteiger partial charge in [0.25, 0.3) is 0 Å². The molecular weight excluding hydrogens is 236 g/mol. The highest BCUT2D eigenvalue weighted by molar-refractivity contribution is 5.76. The van der Waals surface area contributed by atoms with Crippen molar-refractivity contribution in [1.29, 1.82) is 0 Å². The minimum Gasteiger partial charge on any atom is -0.378 e. The summed E-state index contributed by atoms with van der Waals surface area (Å²) < 4.78 is 5.43. The predicted octanol–water partition coefficient (Wildman–Crippen LogP) is 2.89. The monoisotopic (exact) mass is 254 g/mol. The number of anilines is 1. The number of nitrogens with zero attached hydrogens (tertiary/aromatic N) is 2. The van der Waals surface area contributed by atoms with Crippen LogP contribution in [-0.4, -0.2) is 31.3 Å². The van der Waals surface area contributed by atoms with Crippen molar-refractivity contribution >= 4 is 5.69 Å². The number of pyridine rings is 1. The first-order valence-electron chi connectivity index (χ1n) is 6.70. The molecular formula is C16H18N2O. The number of aryl methyl sites for hydroxylation is 1. The Morgan fingerprint density at radius 2 is 1.79 bits per heavy atom. The number of morpholine rings is 1. The van der Waals surface area contributed by atoms with Gasteiger partial charge in [0.1, 0.15) is 0 Å². The Balaban J connectivity index is 2.01. The largest absolute Gasteiger partial charge is 0.378 e. The van der Waals surface area contributed by atoms with E-state index in [9.17, 15) is 0 Å². The van der Waals surface area contributed by atoms with Crippen LogP contribution in [0.25, 0.3) is 11.3 Å². The highest BCUT2D eigenvalue weighted by Crippen LogP contribution is 2.30. The van der Waals surface area contributed by atoms with E-state index in [1.165, 1.54) is 11.3 Å². The number of ether oxygens (including phenoxy) is 1. The Kier molecular flexibility index (Phi) is 3.47. The zero-order valence-corrected chi connectivity index (χ0v) is 11.2. The summed E-state index contributed by atoms with van der Waals surface area (Å²) in [5, 5.41) is 0. The van der Waals surface area contributed by atoms with E-state index in [2.05, 4.69) is 46.3 Å². The van der Waals surface area contributed by atoms with Crippen LogP contribution in [0.2, 0.25) is 0 Å². The van der Waals surface area contributed by atoms with E-state index < -0.39 is 0 Å². The first kappa shape index (κ1) is 12.2. The molecule has 1 aromatic carbocycles. The molecule has 0 aliphatic carbocycles. The molecule has 0 saturated carbocycles. The van der Waals surface area contributed by atoms with E-state index in [1.54, 1.807) is 0 Å². The molecule has 2 aromatic rings. The van der Waals surface area contributed by atoms with Crippen LogP contribution in [0.3, 0.4) is 0 Å². The second-order valence-electron chi connectivity index (χ2n) is 4.78. The molecule has 2 heterocycles. The van der Waals surface area contributed by atoms with Gasteiger partial charge in [-0.25, -0.2) is 0 Å². The van der Waals surface area contributed by atoms with Crippen molar-refractivity contribution in [3.05, 3.63) is 48.2 Å². The van der Waals surface area contributed by atoms with Gasteiger partial charge in [-0.15, -0.1) is 0 Å². The molecule has 1 fully saturated rings. The summed E-state index contributed by atoms with van der Waals surface area (Å²) in [6, 6.07) is 14.6. The van der Waals surface area contributed by atoms with Gasteiger partial charge in [-0.1, -0.05) is 24.3 Å². The summed E-state index contributed by atoms with van der Waals surface area (Å²) in [5.74, 6) is 0. The normalized spacial score (nSPS) is 15.5. The highest BCUT2D eigenvalue weighted by Gasteiger charge is 2.15. The molecule has 0 unspecified atom stereocenters. The van der Waals surface area contributed by atoms with Crippen molar-refractivity contribution in [2.24, 2.45) is 0 Å². The quantitative estimate of drug-likeness (QED) is 0.824. The van der Waals surface area contributed by atoms with Crippen LogP contribution >= 0.6 is 0 Å². The molecule has 0 bridgehead atoms. The van der Waals surface area contributed by atoms with Gasteiger partial charge in [0.2, 0.25) is 0 Å². The lowest BCUT2D eigenvalue weighted by Crippen LogP contribution is -2.36. The second-order valence-corrected chi connectivity index (χ2v) is 4.78. The molecule has 3 rings (SSSR count). The van der Waals surface area contributed by atoms with Gasteiger partial charge >= 0.3 is 0 Å². The van der Waals surface area contributed by atoms with Crippen molar-refractivity contribution in [2.45, 2.75) is 6.92 Å². The summed E-state index contributed by atoms with van der Waals surface area (Å²) in [5.41, 5.74) is 4.55. The fourth-order valence-corrected chi connectivity index (χ4v) is 2.46. The number of para-hydroxylation sites is 1. The number of rotatable bonds is 2. The minimum atomic E-state index is 0.801. The molecule has 98 valence electrons. The maximum atomic E-state index is 5.43. The lowest BCUT2D eigenvalue weighted by atomic mass is 10.1. The number of hydrogen-bond donors (Lipinski definition) is 0. The maximum absolute atomic E-state index is 5.43. The molecule has 0 atom stereocenters. The molecule has 0 radical (unpaired) electrons. The van der Waals surface area contributed by atoms with E-state index in [4.69, 9.17) is 4.74 Å². The van der Waals surface area contributed by atoms with Gasteiger partial charge in [0.15, 0.2) is 0 Å². The average molecular weight is 254 g/mol. The Morgan fingerprint density at radius 1 is 1.00 bits per heavy atom. The van der Waals surface area contributed by atoms with E-state index in [1.807, 2.05) is 13.0 Å². The predicted molar refractivity (Wildman–Crippen MR) is 77.4 cm³/mol. The standard InChI is InChI=1S/C16H18N2O/c1-13-5-4-7-15(17-13)14-6-2-3-8-16(14)18-9-11-19-12-10-18/h2-8H,9-12H2,1H3. The van der Waals surface area contributed by atoms with Crippen LogP contribution in [0, 0.1) is 6.92 Å². The van der Waals surface area contributed by atoms with E-state index in [0.29, 0.717) is 0 Å². The van der Waals surface area contributed by atoms with Gasteiger partial charge < -0.3 is 9.64 Å². The van der Waals surface area contributed by atoms with Crippen molar-refractivity contribution in [2.75, 3.05) is 31.2 Å². The van der Waals surface area contributed by atoms with Gasteiger partial charge in [-0.3, -0.25) is 4.98 Å². The van der Waals surface area contributed by atoms with Gasteiger partial charge in [-0.2, -0.15) is 0 Å². The van der Waals surface area contributed by atoms with Crippen LogP contribution in [0.1, 0.15) is 5.69 Å². The zero-order chi connectivity index (χ0) is 13.1. The summed E-state index contributed by atoms with van der Waals surface area (Å²) in [6.07, 6.45) is 0. The molecule has 3 heteroatoms. The van der Waals surface area contributed by atoms with E-state index in [0.717, 1.165) is 37.7 Å². The Labute approximate surface area is 113 Å². The summed E-state index contributed by atoms with van der Waals surface area (Å²) in [6.45, 7) is 5.53. The van der Waals surface area contributed by atoms with Crippen LogP contribution in [0.4, 0.5) is 5.69 Å². The van der Waals surface area contributed by atoms with E-state index >= 15 is 0 Å². The molecule has 1 saturated heterocycles. The third-order valence-electron chi connectivity index (χ3n) is 3.42. The molecule has 1 aromatic heterocycles. The molecule has 0 N–H and O–H groups in total.